The Labute approximate surface area is 166 Å². The van der Waals surface area contributed by atoms with E-state index in [0.717, 1.165) is 0 Å². The van der Waals surface area contributed by atoms with E-state index < -0.39 is 36.1 Å². The fourth-order valence-corrected chi connectivity index (χ4v) is 2.63. The molecule has 0 aliphatic carbocycles. The normalized spacial score (nSPS) is 11.4. The number of nitrogens with two attached hydrogens (primary N) is 1. The van der Waals surface area contributed by atoms with Crippen molar-refractivity contribution in [2.75, 3.05) is 5.32 Å². The highest BCUT2D eigenvalue weighted by atomic mass is 19.3. The summed E-state index contributed by atoms with van der Waals surface area (Å²) < 4.78 is 59.1. The zero-order chi connectivity index (χ0) is 22.0. The number of anilines is 1. The fourth-order valence-electron chi connectivity index (χ4n) is 2.63. The van der Waals surface area contributed by atoms with Gasteiger partial charge in [0.1, 0.15) is 17.1 Å². The monoisotopic (exact) mass is 428 g/mol. The molecule has 30 heavy (non-hydrogen) atoms. The van der Waals surface area contributed by atoms with Gasteiger partial charge in [-0.3, -0.25) is 19.0 Å². The molecule has 0 saturated carbocycles. The number of aryl methyl sites for hydroxylation is 1. The summed E-state index contributed by atoms with van der Waals surface area (Å²) in [6.45, 7) is 1.81. The quantitative estimate of drug-likeness (QED) is 0.535. The van der Waals surface area contributed by atoms with Crippen molar-refractivity contribution in [2.45, 2.75) is 32.9 Å². The van der Waals surface area contributed by atoms with E-state index in [4.69, 9.17) is 10.2 Å². The molecule has 3 N–H and O–H groups in total. The molecule has 0 fully saturated rings. The molecule has 0 unspecified atom stereocenters. The summed E-state index contributed by atoms with van der Waals surface area (Å²) in [7, 11) is 0. The average molecular weight is 428 g/mol. The molecule has 160 valence electrons. The van der Waals surface area contributed by atoms with E-state index in [1.54, 1.807) is 6.92 Å². The van der Waals surface area contributed by atoms with Crippen LogP contribution in [0.1, 0.15) is 58.0 Å². The van der Waals surface area contributed by atoms with Gasteiger partial charge in [0.15, 0.2) is 11.5 Å². The third-order valence-electron chi connectivity index (χ3n) is 4.04. The lowest BCUT2D eigenvalue weighted by molar-refractivity contribution is 0.0994. The maximum absolute atomic E-state index is 13.1. The van der Waals surface area contributed by atoms with E-state index in [0.29, 0.717) is 17.3 Å². The standard InChI is InChI=1S/C17H16F4N6O3/c1-2-26-7-10(13(25-26)16(22)28)23-17(29)12-4-3-8(30-12)6-27-11(15(20)21)5-9(24-27)14(18)19/h3-5,7,14-15H,2,6H2,1H3,(H2,22,28)(H,23,29). The Morgan fingerprint density at radius 2 is 1.93 bits per heavy atom. The summed E-state index contributed by atoms with van der Waals surface area (Å²) >= 11 is 0. The van der Waals surface area contributed by atoms with Gasteiger partial charge in [-0.2, -0.15) is 10.2 Å². The van der Waals surface area contributed by atoms with Gasteiger partial charge in [0, 0.05) is 12.7 Å². The van der Waals surface area contributed by atoms with Crippen molar-refractivity contribution in [3.05, 3.63) is 53.0 Å². The summed E-state index contributed by atoms with van der Waals surface area (Å²) in [5, 5.41) is 9.82. The number of carbonyl (C=O) groups excluding carboxylic acids is 2. The van der Waals surface area contributed by atoms with Crippen LogP contribution in [-0.4, -0.2) is 31.4 Å². The molecule has 3 aromatic rings. The maximum atomic E-state index is 13.1. The lowest BCUT2D eigenvalue weighted by Gasteiger charge is -2.05. The van der Waals surface area contributed by atoms with Crippen LogP contribution in [0.25, 0.3) is 0 Å². The van der Waals surface area contributed by atoms with E-state index in [2.05, 4.69) is 15.5 Å². The minimum absolute atomic E-state index is 0.0327. The Balaban J connectivity index is 1.78. The molecule has 3 rings (SSSR count). The zero-order valence-corrected chi connectivity index (χ0v) is 15.5. The third kappa shape index (κ3) is 4.34. The summed E-state index contributed by atoms with van der Waals surface area (Å²) in [5.41, 5.74) is 3.67. The number of hydrogen-bond acceptors (Lipinski definition) is 5. The minimum atomic E-state index is -3.02. The summed E-state index contributed by atoms with van der Waals surface area (Å²) in [6.07, 6.45) is -4.62. The van der Waals surface area contributed by atoms with Gasteiger partial charge in [0.05, 0.1) is 12.2 Å². The smallest absolute Gasteiger partial charge is 0.291 e. The Morgan fingerprint density at radius 1 is 1.20 bits per heavy atom. The Morgan fingerprint density at radius 3 is 2.53 bits per heavy atom. The number of furan rings is 1. The Hall–Kier alpha value is -3.64. The van der Waals surface area contributed by atoms with Crippen LogP contribution < -0.4 is 11.1 Å². The molecule has 0 atom stereocenters. The molecule has 0 spiro atoms. The summed E-state index contributed by atoms with van der Waals surface area (Å²) in [5.74, 6) is -1.76. The molecule has 0 aliphatic rings. The van der Waals surface area contributed by atoms with Gasteiger partial charge < -0.3 is 15.5 Å². The molecular formula is C17H16F4N6O3. The molecule has 0 aromatic carbocycles. The predicted molar refractivity (Wildman–Crippen MR) is 94.3 cm³/mol. The van der Waals surface area contributed by atoms with Gasteiger partial charge in [-0.15, -0.1) is 0 Å². The fraction of sp³-hybridized carbons (Fsp3) is 0.294. The predicted octanol–water partition coefficient (Wildman–Crippen LogP) is 2.97. The van der Waals surface area contributed by atoms with E-state index in [9.17, 15) is 27.2 Å². The summed E-state index contributed by atoms with van der Waals surface area (Å²) in [6, 6.07) is 3.19. The number of nitrogens with zero attached hydrogens (tertiary/aromatic N) is 4. The first-order chi connectivity index (χ1) is 14.2. The van der Waals surface area contributed by atoms with E-state index in [-0.39, 0.29) is 29.4 Å². The summed E-state index contributed by atoms with van der Waals surface area (Å²) in [4.78, 5) is 23.8. The second kappa shape index (κ2) is 8.39. The highest BCUT2D eigenvalue weighted by molar-refractivity contribution is 6.06. The van der Waals surface area contributed by atoms with Gasteiger partial charge in [-0.05, 0) is 25.1 Å². The van der Waals surface area contributed by atoms with Crippen molar-refractivity contribution in [1.29, 1.82) is 0 Å². The van der Waals surface area contributed by atoms with Crippen molar-refractivity contribution >= 4 is 17.5 Å². The van der Waals surface area contributed by atoms with Crippen LogP contribution in [0.5, 0.6) is 0 Å². The molecule has 0 aliphatic heterocycles. The highest BCUT2D eigenvalue weighted by Crippen LogP contribution is 2.26. The number of carbonyl (C=O) groups is 2. The van der Waals surface area contributed by atoms with Gasteiger partial charge in [-0.1, -0.05) is 0 Å². The highest BCUT2D eigenvalue weighted by Gasteiger charge is 2.23. The minimum Gasteiger partial charge on any atom is -0.454 e. The Kier molecular flexibility index (Phi) is 5.89. The molecule has 9 nitrogen and oxygen atoms in total. The van der Waals surface area contributed by atoms with Crippen LogP contribution in [0.4, 0.5) is 23.2 Å². The van der Waals surface area contributed by atoms with Crippen LogP contribution in [0.2, 0.25) is 0 Å². The molecular weight excluding hydrogens is 412 g/mol. The lowest BCUT2D eigenvalue weighted by atomic mass is 10.3. The number of primary amides is 1. The molecule has 3 aromatic heterocycles. The van der Waals surface area contributed by atoms with Crippen molar-refractivity contribution in [3.8, 4) is 0 Å². The van der Waals surface area contributed by atoms with Crippen LogP contribution in [-0.2, 0) is 13.1 Å². The third-order valence-corrected chi connectivity index (χ3v) is 4.04. The molecule has 13 heteroatoms. The van der Waals surface area contributed by atoms with E-state index >= 15 is 0 Å². The first kappa shape index (κ1) is 21.1. The van der Waals surface area contributed by atoms with Crippen LogP contribution in [0.15, 0.2) is 28.8 Å². The maximum Gasteiger partial charge on any atom is 0.291 e. The van der Waals surface area contributed by atoms with Gasteiger partial charge in [0.25, 0.3) is 24.7 Å². The lowest BCUT2D eigenvalue weighted by Crippen LogP contribution is -2.17. The van der Waals surface area contributed by atoms with E-state index in [1.165, 1.54) is 23.0 Å². The number of hydrogen-bond donors (Lipinski definition) is 2. The van der Waals surface area contributed by atoms with Crippen molar-refractivity contribution in [2.24, 2.45) is 5.73 Å². The van der Waals surface area contributed by atoms with Crippen LogP contribution in [0, 0.1) is 0 Å². The van der Waals surface area contributed by atoms with Crippen LogP contribution >= 0.6 is 0 Å². The topological polar surface area (TPSA) is 121 Å². The van der Waals surface area contributed by atoms with Crippen molar-refractivity contribution < 1.29 is 31.6 Å². The average Bonchev–Trinajstić information content (AvgIpc) is 3.39. The second-order valence-corrected chi connectivity index (χ2v) is 6.08. The number of nitrogens with one attached hydrogen (secondary N) is 1. The van der Waals surface area contributed by atoms with Gasteiger partial charge in [-0.25, -0.2) is 17.6 Å². The van der Waals surface area contributed by atoms with Gasteiger partial charge in [0.2, 0.25) is 0 Å². The molecule has 3 heterocycles. The molecule has 2 amide bonds. The molecule has 0 radical (unpaired) electrons. The Bertz CT molecular complexity index is 1070. The number of rotatable bonds is 8. The molecule has 0 bridgehead atoms. The molecule has 0 saturated heterocycles. The van der Waals surface area contributed by atoms with Crippen LogP contribution in [0.3, 0.4) is 0 Å². The first-order valence-corrected chi connectivity index (χ1v) is 8.60. The van der Waals surface area contributed by atoms with Crippen molar-refractivity contribution in [3.63, 3.8) is 0 Å². The number of amides is 2. The largest absolute Gasteiger partial charge is 0.454 e. The zero-order valence-electron chi connectivity index (χ0n) is 15.5. The first-order valence-electron chi connectivity index (χ1n) is 8.60. The van der Waals surface area contributed by atoms with Crippen molar-refractivity contribution in [1.82, 2.24) is 19.6 Å². The van der Waals surface area contributed by atoms with Gasteiger partial charge >= 0.3 is 0 Å². The number of alkyl halides is 4. The SMILES string of the molecule is CCn1cc(NC(=O)c2ccc(Cn3nc(C(F)F)cc3C(F)F)o2)c(C(N)=O)n1. The number of halogens is 4. The number of aromatic nitrogens is 4. The second-order valence-electron chi connectivity index (χ2n) is 6.08. The van der Waals surface area contributed by atoms with E-state index in [1.807, 2.05) is 0 Å².